The molecule has 1 heterocycles. The highest BCUT2D eigenvalue weighted by molar-refractivity contribution is 9.10. The van der Waals surface area contributed by atoms with Crippen LogP contribution in [0.15, 0.2) is 16.9 Å². The second kappa shape index (κ2) is 2.23. The molecule has 0 aliphatic carbocycles. The first-order chi connectivity index (χ1) is 4.20. The molecule has 1 rings (SSSR count). The standard InChI is InChI=1S/C5H4BrNO2/c6-5-4(9)1-3(8)2-7-5/h1-2,8-9H. The van der Waals surface area contributed by atoms with Gasteiger partial charge in [0.25, 0.3) is 0 Å². The van der Waals surface area contributed by atoms with E-state index in [4.69, 9.17) is 10.2 Å². The highest BCUT2D eigenvalue weighted by atomic mass is 79.9. The first-order valence-electron chi connectivity index (χ1n) is 2.23. The topological polar surface area (TPSA) is 53.4 Å². The molecule has 0 fully saturated rings. The zero-order valence-electron chi connectivity index (χ0n) is 4.37. The summed E-state index contributed by atoms with van der Waals surface area (Å²) < 4.78 is 0.334. The van der Waals surface area contributed by atoms with Crippen LogP contribution in [0.25, 0.3) is 0 Å². The Morgan fingerprint density at radius 1 is 1.44 bits per heavy atom. The molecule has 0 saturated heterocycles. The molecule has 4 heteroatoms. The van der Waals surface area contributed by atoms with Crippen molar-refractivity contribution in [3.8, 4) is 11.5 Å². The highest BCUT2D eigenvalue weighted by Gasteiger charge is 1.97. The summed E-state index contributed by atoms with van der Waals surface area (Å²) in [6, 6.07) is 1.21. The largest absolute Gasteiger partial charge is 0.506 e. The number of rotatable bonds is 0. The maximum absolute atomic E-state index is 8.83. The minimum absolute atomic E-state index is 0.0456. The zero-order valence-corrected chi connectivity index (χ0v) is 5.96. The molecule has 9 heavy (non-hydrogen) atoms. The maximum Gasteiger partial charge on any atom is 0.152 e. The summed E-state index contributed by atoms with van der Waals surface area (Å²) in [5.41, 5.74) is 0. The predicted molar refractivity (Wildman–Crippen MR) is 35.3 cm³/mol. The van der Waals surface area contributed by atoms with Crippen LogP contribution in [0, 0.1) is 0 Å². The SMILES string of the molecule is Oc1cnc(Br)c(O)c1. The first kappa shape index (κ1) is 6.35. The first-order valence-corrected chi connectivity index (χ1v) is 3.03. The molecule has 48 valence electrons. The van der Waals surface area contributed by atoms with Crippen molar-refractivity contribution < 1.29 is 10.2 Å². The van der Waals surface area contributed by atoms with E-state index in [9.17, 15) is 0 Å². The van der Waals surface area contributed by atoms with E-state index >= 15 is 0 Å². The summed E-state index contributed by atoms with van der Waals surface area (Å²) in [6.45, 7) is 0. The van der Waals surface area contributed by atoms with Gasteiger partial charge in [-0.25, -0.2) is 4.98 Å². The number of aromatic hydroxyl groups is 2. The number of aromatic nitrogens is 1. The third-order valence-electron chi connectivity index (χ3n) is 0.806. The molecular formula is C5H4BrNO2. The van der Waals surface area contributed by atoms with Crippen LogP contribution in [0.2, 0.25) is 0 Å². The Balaban J connectivity index is 3.17. The van der Waals surface area contributed by atoms with Crippen LogP contribution in [0.5, 0.6) is 11.5 Å². The third kappa shape index (κ3) is 1.32. The second-order valence-corrected chi connectivity index (χ2v) is 2.25. The molecule has 0 aliphatic rings. The van der Waals surface area contributed by atoms with E-state index < -0.39 is 0 Å². The molecule has 0 atom stereocenters. The van der Waals surface area contributed by atoms with Gasteiger partial charge in [0, 0.05) is 6.07 Å². The van der Waals surface area contributed by atoms with Crippen molar-refractivity contribution in [1.82, 2.24) is 4.98 Å². The molecule has 0 unspecified atom stereocenters. The van der Waals surface area contributed by atoms with E-state index in [2.05, 4.69) is 20.9 Å². The van der Waals surface area contributed by atoms with Gasteiger partial charge in [0.15, 0.2) is 5.75 Å². The Labute approximate surface area is 60.1 Å². The van der Waals surface area contributed by atoms with Gasteiger partial charge >= 0.3 is 0 Å². The Bertz CT molecular complexity index is 226. The quantitative estimate of drug-likeness (QED) is 0.605. The van der Waals surface area contributed by atoms with Gasteiger partial charge in [-0.1, -0.05) is 0 Å². The normalized spacial score (nSPS) is 9.44. The lowest BCUT2D eigenvalue weighted by Crippen LogP contribution is -1.73. The summed E-state index contributed by atoms with van der Waals surface area (Å²) in [4.78, 5) is 3.59. The third-order valence-corrected chi connectivity index (χ3v) is 1.42. The van der Waals surface area contributed by atoms with Crippen molar-refractivity contribution >= 4 is 15.9 Å². The van der Waals surface area contributed by atoms with Crippen molar-refractivity contribution in [2.75, 3.05) is 0 Å². The molecule has 3 nitrogen and oxygen atoms in total. The van der Waals surface area contributed by atoms with Crippen molar-refractivity contribution in [2.45, 2.75) is 0 Å². The summed E-state index contributed by atoms with van der Waals surface area (Å²) >= 11 is 2.96. The van der Waals surface area contributed by atoms with Gasteiger partial charge in [-0.3, -0.25) is 0 Å². The number of hydrogen-bond acceptors (Lipinski definition) is 3. The number of pyridine rings is 1. The maximum atomic E-state index is 8.83. The van der Waals surface area contributed by atoms with Crippen molar-refractivity contribution in [3.63, 3.8) is 0 Å². The average Bonchev–Trinajstić information content (AvgIpc) is 1.80. The molecule has 0 aliphatic heterocycles. The van der Waals surface area contributed by atoms with Crippen molar-refractivity contribution in [3.05, 3.63) is 16.9 Å². The minimum atomic E-state index is -0.0602. The number of hydrogen-bond donors (Lipinski definition) is 2. The monoisotopic (exact) mass is 189 g/mol. The molecule has 1 aromatic rings. The van der Waals surface area contributed by atoms with E-state index in [-0.39, 0.29) is 11.5 Å². The summed E-state index contributed by atoms with van der Waals surface area (Å²) in [6.07, 6.45) is 1.24. The fraction of sp³-hybridized carbons (Fsp3) is 0. The number of halogens is 1. The van der Waals surface area contributed by atoms with Crippen molar-refractivity contribution in [1.29, 1.82) is 0 Å². The molecule has 1 aromatic heterocycles. The molecule has 2 N–H and O–H groups in total. The number of nitrogens with zero attached hydrogens (tertiary/aromatic N) is 1. The van der Waals surface area contributed by atoms with Gasteiger partial charge in [-0.15, -0.1) is 0 Å². The van der Waals surface area contributed by atoms with Crippen LogP contribution in [-0.4, -0.2) is 15.2 Å². The van der Waals surface area contributed by atoms with E-state index in [1.807, 2.05) is 0 Å². The Kier molecular flexibility index (Phi) is 1.57. The van der Waals surface area contributed by atoms with Gasteiger partial charge in [0.05, 0.1) is 6.20 Å². The Morgan fingerprint density at radius 3 is 2.56 bits per heavy atom. The lowest BCUT2D eigenvalue weighted by atomic mass is 10.4. The van der Waals surface area contributed by atoms with Gasteiger partial charge in [0.1, 0.15) is 10.4 Å². The summed E-state index contributed by atoms with van der Waals surface area (Å²) in [7, 11) is 0. The molecule has 0 bridgehead atoms. The van der Waals surface area contributed by atoms with Crippen LogP contribution in [-0.2, 0) is 0 Å². The Morgan fingerprint density at radius 2 is 2.11 bits per heavy atom. The summed E-state index contributed by atoms with van der Waals surface area (Å²) in [5.74, 6) is -0.106. The van der Waals surface area contributed by atoms with E-state index in [1.54, 1.807) is 0 Å². The smallest absolute Gasteiger partial charge is 0.152 e. The zero-order chi connectivity index (χ0) is 6.85. The molecule has 0 saturated carbocycles. The fourth-order valence-corrected chi connectivity index (χ4v) is 0.643. The fourth-order valence-electron chi connectivity index (χ4n) is 0.426. The van der Waals surface area contributed by atoms with Crippen LogP contribution in [0.4, 0.5) is 0 Å². The lowest BCUT2D eigenvalue weighted by molar-refractivity contribution is 0.443. The van der Waals surface area contributed by atoms with E-state index in [0.29, 0.717) is 4.60 Å². The van der Waals surface area contributed by atoms with Crippen LogP contribution in [0.1, 0.15) is 0 Å². The summed E-state index contributed by atoms with van der Waals surface area (Å²) in [5, 5.41) is 17.5. The van der Waals surface area contributed by atoms with Crippen LogP contribution >= 0.6 is 15.9 Å². The van der Waals surface area contributed by atoms with Crippen LogP contribution < -0.4 is 0 Å². The molecule has 0 aromatic carbocycles. The molecular weight excluding hydrogens is 186 g/mol. The van der Waals surface area contributed by atoms with E-state index in [0.717, 1.165) is 0 Å². The van der Waals surface area contributed by atoms with Crippen molar-refractivity contribution in [2.24, 2.45) is 0 Å². The highest BCUT2D eigenvalue weighted by Crippen LogP contribution is 2.23. The average molecular weight is 190 g/mol. The van der Waals surface area contributed by atoms with Gasteiger partial charge in [-0.2, -0.15) is 0 Å². The molecule has 0 radical (unpaired) electrons. The molecule has 0 amide bonds. The minimum Gasteiger partial charge on any atom is -0.506 e. The van der Waals surface area contributed by atoms with Gasteiger partial charge in [-0.05, 0) is 15.9 Å². The predicted octanol–water partition coefficient (Wildman–Crippen LogP) is 1.26. The van der Waals surface area contributed by atoms with Gasteiger partial charge < -0.3 is 10.2 Å². The van der Waals surface area contributed by atoms with Crippen LogP contribution in [0.3, 0.4) is 0 Å². The molecule has 0 spiro atoms. The second-order valence-electron chi connectivity index (χ2n) is 1.50. The van der Waals surface area contributed by atoms with Gasteiger partial charge in [0.2, 0.25) is 0 Å². The lowest BCUT2D eigenvalue weighted by Gasteiger charge is -1.93. The Hall–Kier alpha value is -0.770. The van der Waals surface area contributed by atoms with E-state index in [1.165, 1.54) is 12.3 Å².